The molecule has 1 aromatic carbocycles. The van der Waals surface area contributed by atoms with Crippen molar-refractivity contribution in [3.8, 4) is 5.75 Å². The first kappa shape index (κ1) is 16.1. The normalized spacial score (nSPS) is 17.0. The summed E-state index contributed by atoms with van der Waals surface area (Å²) < 4.78 is 5.48. The van der Waals surface area contributed by atoms with E-state index in [1.165, 1.54) is 0 Å². The molecule has 0 unspecified atom stereocenters. The highest BCUT2D eigenvalue weighted by Gasteiger charge is 2.11. The molecule has 0 fully saturated rings. The van der Waals surface area contributed by atoms with E-state index >= 15 is 0 Å². The number of primary amides is 1. The molecule has 0 saturated heterocycles. The van der Waals surface area contributed by atoms with E-state index in [4.69, 9.17) is 10.5 Å². The van der Waals surface area contributed by atoms with Crippen LogP contribution in [0.2, 0.25) is 0 Å². The fourth-order valence-electron chi connectivity index (χ4n) is 2.37. The quantitative estimate of drug-likeness (QED) is 0.756. The Hall–Kier alpha value is -2.30. The van der Waals surface area contributed by atoms with Gasteiger partial charge in [-0.15, -0.1) is 0 Å². The summed E-state index contributed by atoms with van der Waals surface area (Å²) in [5.41, 5.74) is 5.60. The molecule has 1 atom stereocenters. The lowest BCUT2D eigenvalue weighted by Crippen LogP contribution is -2.30. The lowest BCUT2D eigenvalue weighted by molar-refractivity contribution is -0.121. The second-order valence-electron chi connectivity index (χ2n) is 5.44. The van der Waals surface area contributed by atoms with Crippen molar-refractivity contribution in [2.24, 2.45) is 11.7 Å². The van der Waals surface area contributed by atoms with Gasteiger partial charge in [-0.2, -0.15) is 0 Å². The molecule has 0 aliphatic heterocycles. The summed E-state index contributed by atoms with van der Waals surface area (Å²) in [6.07, 6.45) is 7.97. The topological polar surface area (TPSA) is 81.4 Å². The SMILES string of the molecule is NC(=O)c1ccc(OCCC(=O)NC[C@@H]2CC=CCC2)cc1. The predicted octanol–water partition coefficient (Wildman–Crippen LogP) is 2.03. The Morgan fingerprint density at radius 3 is 2.64 bits per heavy atom. The summed E-state index contributed by atoms with van der Waals surface area (Å²) >= 11 is 0. The standard InChI is InChI=1S/C17H22N2O3/c18-17(21)14-6-8-15(9-7-14)22-11-10-16(20)19-12-13-4-2-1-3-5-13/h1-2,6-9,13H,3-5,10-12H2,(H2,18,21)(H,19,20)/t13-/m1/s1. The Balaban J connectivity index is 1.64. The Morgan fingerprint density at radius 1 is 1.23 bits per heavy atom. The van der Waals surface area contributed by atoms with Gasteiger partial charge < -0.3 is 15.8 Å². The summed E-state index contributed by atoms with van der Waals surface area (Å²) in [7, 11) is 0. The van der Waals surface area contributed by atoms with Gasteiger partial charge in [0.25, 0.3) is 0 Å². The number of nitrogens with two attached hydrogens (primary N) is 1. The van der Waals surface area contributed by atoms with Gasteiger partial charge >= 0.3 is 0 Å². The molecule has 1 aromatic rings. The Bertz CT molecular complexity index is 537. The predicted molar refractivity (Wildman–Crippen MR) is 84.6 cm³/mol. The second-order valence-corrected chi connectivity index (χ2v) is 5.44. The smallest absolute Gasteiger partial charge is 0.248 e. The van der Waals surface area contributed by atoms with Crippen molar-refractivity contribution in [3.05, 3.63) is 42.0 Å². The van der Waals surface area contributed by atoms with E-state index in [0.717, 1.165) is 25.8 Å². The molecule has 3 N–H and O–H groups in total. The van der Waals surface area contributed by atoms with E-state index < -0.39 is 5.91 Å². The van der Waals surface area contributed by atoms with Crippen LogP contribution >= 0.6 is 0 Å². The zero-order valence-corrected chi connectivity index (χ0v) is 12.6. The molecule has 0 saturated carbocycles. The molecule has 2 amide bonds. The Morgan fingerprint density at radius 2 is 2.00 bits per heavy atom. The van der Waals surface area contributed by atoms with Crippen LogP contribution < -0.4 is 15.8 Å². The third-order valence-electron chi connectivity index (χ3n) is 3.70. The zero-order valence-electron chi connectivity index (χ0n) is 12.6. The van der Waals surface area contributed by atoms with Crippen molar-refractivity contribution in [1.82, 2.24) is 5.32 Å². The number of carbonyl (C=O) groups excluding carboxylic acids is 2. The Labute approximate surface area is 130 Å². The van der Waals surface area contributed by atoms with Gasteiger partial charge in [-0.3, -0.25) is 9.59 Å². The molecule has 0 radical (unpaired) electrons. The Kier molecular flexibility index (Phi) is 6.01. The fraction of sp³-hybridized carbons (Fsp3) is 0.412. The third kappa shape index (κ3) is 5.24. The van der Waals surface area contributed by atoms with Crippen molar-refractivity contribution in [2.75, 3.05) is 13.2 Å². The van der Waals surface area contributed by atoms with E-state index in [1.54, 1.807) is 24.3 Å². The average Bonchev–Trinajstić information content (AvgIpc) is 2.54. The highest BCUT2D eigenvalue weighted by atomic mass is 16.5. The van der Waals surface area contributed by atoms with Crippen LogP contribution in [0.4, 0.5) is 0 Å². The summed E-state index contributed by atoms with van der Waals surface area (Å²) in [5.74, 6) is 0.707. The first-order valence-electron chi connectivity index (χ1n) is 7.59. The number of carbonyl (C=O) groups is 2. The molecule has 0 bridgehead atoms. The van der Waals surface area contributed by atoms with Gasteiger partial charge in [0, 0.05) is 12.1 Å². The lowest BCUT2D eigenvalue weighted by atomic mass is 9.94. The van der Waals surface area contributed by atoms with E-state index in [9.17, 15) is 9.59 Å². The van der Waals surface area contributed by atoms with Crippen LogP contribution in [0.3, 0.4) is 0 Å². The van der Waals surface area contributed by atoms with Gasteiger partial charge in [0.1, 0.15) is 5.75 Å². The summed E-state index contributed by atoms with van der Waals surface area (Å²) in [6.45, 7) is 1.04. The van der Waals surface area contributed by atoms with Crippen molar-refractivity contribution in [1.29, 1.82) is 0 Å². The molecule has 0 aromatic heterocycles. The van der Waals surface area contributed by atoms with Crippen LogP contribution in [0, 0.1) is 5.92 Å². The van der Waals surface area contributed by atoms with Crippen LogP contribution in [-0.4, -0.2) is 25.0 Å². The number of amides is 2. The van der Waals surface area contributed by atoms with Crippen LogP contribution in [0.25, 0.3) is 0 Å². The molecule has 1 aliphatic rings. The average molecular weight is 302 g/mol. The lowest BCUT2D eigenvalue weighted by Gasteiger charge is -2.18. The van der Waals surface area contributed by atoms with E-state index in [1.807, 2.05) is 0 Å². The molecule has 1 aliphatic carbocycles. The number of allylic oxidation sites excluding steroid dienone is 2. The molecular weight excluding hydrogens is 280 g/mol. The molecule has 5 heteroatoms. The molecule has 2 rings (SSSR count). The molecule has 0 heterocycles. The molecule has 0 spiro atoms. The maximum absolute atomic E-state index is 11.7. The van der Waals surface area contributed by atoms with E-state index in [0.29, 0.717) is 30.3 Å². The summed E-state index contributed by atoms with van der Waals surface area (Å²) in [6, 6.07) is 6.56. The fourth-order valence-corrected chi connectivity index (χ4v) is 2.37. The minimum Gasteiger partial charge on any atom is -0.493 e. The van der Waals surface area contributed by atoms with Crippen LogP contribution in [0.1, 0.15) is 36.0 Å². The van der Waals surface area contributed by atoms with Gasteiger partial charge in [0.05, 0.1) is 13.0 Å². The number of hydrogen-bond acceptors (Lipinski definition) is 3. The number of hydrogen-bond donors (Lipinski definition) is 2. The van der Waals surface area contributed by atoms with E-state index in [-0.39, 0.29) is 5.91 Å². The largest absolute Gasteiger partial charge is 0.493 e. The van der Waals surface area contributed by atoms with Crippen molar-refractivity contribution in [3.63, 3.8) is 0 Å². The van der Waals surface area contributed by atoms with Crippen LogP contribution in [0.5, 0.6) is 5.75 Å². The van der Waals surface area contributed by atoms with Gasteiger partial charge in [-0.25, -0.2) is 0 Å². The highest BCUT2D eigenvalue weighted by Crippen LogP contribution is 2.17. The van der Waals surface area contributed by atoms with Gasteiger partial charge in [0.15, 0.2) is 0 Å². The first-order chi connectivity index (χ1) is 10.6. The van der Waals surface area contributed by atoms with Crippen molar-refractivity contribution in [2.45, 2.75) is 25.7 Å². The number of rotatable bonds is 7. The van der Waals surface area contributed by atoms with Crippen LogP contribution in [0.15, 0.2) is 36.4 Å². The molecule has 22 heavy (non-hydrogen) atoms. The summed E-state index contributed by atoms with van der Waals surface area (Å²) in [5, 5.41) is 2.95. The number of benzene rings is 1. The monoisotopic (exact) mass is 302 g/mol. The van der Waals surface area contributed by atoms with Gasteiger partial charge in [-0.05, 0) is 49.4 Å². The zero-order chi connectivity index (χ0) is 15.8. The maximum atomic E-state index is 11.7. The highest BCUT2D eigenvalue weighted by molar-refractivity contribution is 5.92. The first-order valence-corrected chi connectivity index (χ1v) is 7.59. The van der Waals surface area contributed by atoms with Crippen molar-refractivity contribution < 1.29 is 14.3 Å². The summed E-state index contributed by atoms with van der Waals surface area (Å²) in [4.78, 5) is 22.7. The molecule has 5 nitrogen and oxygen atoms in total. The van der Waals surface area contributed by atoms with Crippen LogP contribution in [-0.2, 0) is 4.79 Å². The van der Waals surface area contributed by atoms with Gasteiger partial charge in [-0.1, -0.05) is 12.2 Å². The van der Waals surface area contributed by atoms with Crippen molar-refractivity contribution >= 4 is 11.8 Å². The second kappa shape index (κ2) is 8.22. The van der Waals surface area contributed by atoms with Gasteiger partial charge in [0.2, 0.25) is 11.8 Å². The number of nitrogens with one attached hydrogen (secondary N) is 1. The molecule has 118 valence electrons. The molecular formula is C17H22N2O3. The maximum Gasteiger partial charge on any atom is 0.248 e. The third-order valence-corrected chi connectivity index (χ3v) is 3.70. The minimum atomic E-state index is -0.469. The van der Waals surface area contributed by atoms with E-state index in [2.05, 4.69) is 17.5 Å². The minimum absolute atomic E-state index is 0.00306. The number of ether oxygens (including phenoxy) is 1.